The molecule has 0 unspecified atom stereocenters. The van der Waals surface area contributed by atoms with Gasteiger partial charge < -0.3 is 10.3 Å². The average Bonchev–Trinajstić information content (AvgIpc) is 2.93. The third-order valence-electron chi connectivity index (χ3n) is 3.26. The molecule has 1 aromatic heterocycles. The molecule has 0 aliphatic rings. The zero-order valence-corrected chi connectivity index (χ0v) is 12.6. The first-order valence-corrected chi connectivity index (χ1v) is 7.16. The number of hydrogen-bond acceptors (Lipinski definition) is 3. The number of halogens is 1. The molecule has 2 aromatic carbocycles. The SMILES string of the molecule is O=[N+]([O-])c1ccc(Br)c(NCc2ccc3[nH]ccc3c2)c1. The number of rotatable bonds is 4. The molecule has 106 valence electrons. The van der Waals surface area contributed by atoms with Crippen LogP contribution < -0.4 is 5.32 Å². The molecule has 0 aliphatic heterocycles. The molecule has 2 N–H and O–H groups in total. The molecule has 1 heterocycles. The van der Waals surface area contributed by atoms with Crippen LogP contribution in [0, 0.1) is 10.1 Å². The molecule has 3 rings (SSSR count). The summed E-state index contributed by atoms with van der Waals surface area (Å²) >= 11 is 3.40. The number of nitro benzene ring substituents is 1. The molecule has 0 spiro atoms. The normalized spacial score (nSPS) is 10.7. The van der Waals surface area contributed by atoms with Gasteiger partial charge in [-0.15, -0.1) is 0 Å². The smallest absolute Gasteiger partial charge is 0.271 e. The highest BCUT2D eigenvalue weighted by Crippen LogP contribution is 2.27. The minimum atomic E-state index is -0.399. The standard InChI is InChI=1S/C15H12BrN3O2/c16-13-3-2-12(19(20)21)8-15(13)18-9-10-1-4-14-11(7-10)5-6-17-14/h1-8,17-18H,9H2. The maximum atomic E-state index is 10.8. The van der Waals surface area contributed by atoms with Crippen LogP contribution in [0.4, 0.5) is 11.4 Å². The summed E-state index contributed by atoms with van der Waals surface area (Å²) in [7, 11) is 0. The number of nitrogens with one attached hydrogen (secondary N) is 2. The molecule has 0 saturated heterocycles. The molecule has 0 bridgehead atoms. The summed E-state index contributed by atoms with van der Waals surface area (Å²) in [5.74, 6) is 0. The maximum absolute atomic E-state index is 10.8. The molecule has 0 radical (unpaired) electrons. The highest BCUT2D eigenvalue weighted by atomic mass is 79.9. The fourth-order valence-electron chi connectivity index (χ4n) is 2.17. The molecule has 0 amide bonds. The van der Waals surface area contributed by atoms with Crippen molar-refractivity contribution in [2.24, 2.45) is 0 Å². The lowest BCUT2D eigenvalue weighted by Gasteiger charge is -2.08. The molecule has 0 fully saturated rings. The summed E-state index contributed by atoms with van der Waals surface area (Å²) in [6.07, 6.45) is 1.90. The lowest BCUT2D eigenvalue weighted by atomic mass is 10.1. The van der Waals surface area contributed by atoms with Crippen LogP contribution >= 0.6 is 15.9 Å². The first-order chi connectivity index (χ1) is 10.1. The van der Waals surface area contributed by atoms with E-state index in [9.17, 15) is 10.1 Å². The van der Waals surface area contributed by atoms with Gasteiger partial charge in [-0.3, -0.25) is 10.1 Å². The Balaban J connectivity index is 1.80. The Kier molecular flexibility index (Phi) is 3.62. The van der Waals surface area contributed by atoms with Crippen LogP contribution in [0.15, 0.2) is 53.1 Å². The van der Waals surface area contributed by atoms with Gasteiger partial charge in [0.2, 0.25) is 0 Å². The Morgan fingerprint density at radius 3 is 2.86 bits per heavy atom. The van der Waals surface area contributed by atoms with E-state index in [1.54, 1.807) is 6.07 Å². The van der Waals surface area contributed by atoms with E-state index in [-0.39, 0.29) is 5.69 Å². The van der Waals surface area contributed by atoms with Crippen molar-refractivity contribution in [2.75, 3.05) is 5.32 Å². The highest BCUT2D eigenvalue weighted by molar-refractivity contribution is 9.10. The highest BCUT2D eigenvalue weighted by Gasteiger charge is 2.09. The second-order valence-corrected chi connectivity index (χ2v) is 5.53. The lowest BCUT2D eigenvalue weighted by molar-refractivity contribution is -0.384. The molecule has 0 aliphatic carbocycles. The van der Waals surface area contributed by atoms with Crippen molar-refractivity contribution in [1.29, 1.82) is 0 Å². The van der Waals surface area contributed by atoms with E-state index in [2.05, 4.69) is 32.3 Å². The van der Waals surface area contributed by atoms with Gasteiger partial charge in [-0.25, -0.2) is 0 Å². The van der Waals surface area contributed by atoms with Gasteiger partial charge in [0.15, 0.2) is 0 Å². The average molecular weight is 346 g/mol. The maximum Gasteiger partial charge on any atom is 0.271 e. The van der Waals surface area contributed by atoms with Crippen molar-refractivity contribution >= 4 is 38.2 Å². The van der Waals surface area contributed by atoms with Crippen molar-refractivity contribution in [3.63, 3.8) is 0 Å². The van der Waals surface area contributed by atoms with Gasteiger partial charge in [0.05, 0.1) is 10.6 Å². The third-order valence-corrected chi connectivity index (χ3v) is 3.95. The van der Waals surface area contributed by atoms with Crippen LogP contribution in [-0.4, -0.2) is 9.91 Å². The van der Waals surface area contributed by atoms with Crippen molar-refractivity contribution in [1.82, 2.24) is 4.98 Å². The van der Waals surface area contributed by atoms with Gasteiger partial charge in [-0.1, -0.05) is 6.07 Å². The third kappa shape index (κ3) is 2.90. The van der Waals surface area contributed by atoms with Crippen molar-refractivity contribution in [3.05, 3.63) is 68.8 Å². The Labute approximate surface area is 129 Å². The lowest BCUT2D eigenvalue weighted by Crippen LogP contribution is -2.00. The molecular weight excluding hydrogens is 334 g/mol. The van der Waals surface area contributed by atoms with Crippen LogP contribution in [0.3, 0.4) is 0 Å². The van der Waals surface area contributed by atoms with E-state index in [1.807, 2.05) is 24.4 Å². The number of aromatic amines is 1. The van der Waals surface area contributed by atoms with E-state index < -0.39 is 4.92 Å². The van der Waals surface area contributed by atoms with E-state index in [4.69, 9.17) is 0 Å². The fraction of sp³-hybridized carbons (Fsp3) is 0.0667. The van der Waals surface area contributed by atoms with Crippen LogP contribution in [0.2, 0.25) is 0 Å². The number of aromatic nitrogens is 1. The summed E-state index contributed by atoms with van der Waals surface area (Å²) in [4.78, 5) is 13.6. The molecule has 3 aromatic rings. The fourth-order valence-corrected chi connectivity index (χ4v) is 2.56. The Morgan fingerprint density at radius 2 is 2.05 bits per heavy atom. The Bertz CT molecular complexity index is 814. The predicted octanol–water partition coefficient (Wildman–Crippen LogP) is 4.45. The minimum Gasteiger partial charge on any atom is -0.380 e. The zero-order chi connectivity index (χ0) is 14.8. The van der Waals surface area contributed by atoms with Gasteiger partial charge in [-0.05, 0) is 51.1 Å². The number of H-pyrrole nitrogens is 1. The first kappa shape index (κ1) is 13.6. The quantitative estimate of drug-likeness (QED) is 0.542. The van der Waals surface area contributed by atoms with E-state index in [0.29, 0.717) is 12.2 Å². The second kappa shape index (κ2) is 5.57. The van der Waals surface area contributed by atoms with Gasteiger partial charge in [-0.2, -0.15) is 0 Å². The monoisotopic (exact) mass is 345 g/mol. The van der Waals surface area contributed by atoms with Crippen molar-refractivity contribution in [3.8, 4) is 0 Å². The van der Waals surface area contributed by atoms with Crippen molar-refractivity contribution < 1.29 is 4.92 Å². The van der Waals surface area contributed by atoms with Gasteiger partial charge >= 0.3 is 0 Å². The van der Waals surface area contributed by atoms with Crippen LogP contribution in [0.25, 0.3) is 10.9 Å². The molecule has 21 heavy (non-hydrogen) atoms. The first-order valence-electron chi connectivity index (χ1n) is 6.37. The second-order valence-electron chi connectivity index (χ2n) is 4.67. The number of anilines is 1. The summed E-state index contributed by atoms with van der Waals surface area (Å²) in [5.41, 5.74) is 2.98. The topological polar surface area (TPSA) is 71.0 Å². The molecule has 5 nitrogen and oxygen atoms in total. The summed E-state index contributed by atoms with van der Waals surface area (Å²) in [6, 6.07) is 12.8. The predicted molar refractivity (Wildman–Crippen MR) is 86.4 cm³/mol. The largest absolute Gasteiger partial charge is 0.380 e. The molecule has 0 atom stereocenters. The molecule has 6 heteroatoms. The van der Waals surface area contributed by atoms with Crippen molar-refractivity contribution in [2.45, 2.75) is 6.54 Å². The van der Waals surface area contributed by atoms with E-state index in [0.717, 1.165) is 20.9 Å². The molecular formula is C15H12BrN3O2. The summed E-state index contributed by atoms with van der Waals surface area (Å²) < 4.78 is 0.802. The number of hydrogen-bond donors (Lipinski definition) is 2. The van der Waals surface area contributed by atoms with Gasteiger partial charge in [0.25, 0.3) is 5.69 Å². The Hall–Kier alpha value is -2.34. The number of nitro groups is 1. The van der Waals surface area contributed by atoms with E-state index >= 15 is 0 Å². The van der Waals surface area contributed by atoms with Gasteiger partial charge in [0, 0.05) is 34.9 Å². The van der Waals surface area contributed by atoms with Crippen LogP contribution in [-0.2, 0) is 6.54 Å². The minimum absolute atomic E-state index is 0.0711. The van der Waals surface area contributed by atoms with Gasteiger partial charge in [0.1, 0.15) is 0 Å². The Morgan fingerprint density at radius 1 is 1.19 bits per heavy atom. The number of non-ortho nitro benzene ring substituents is 1. The van der Waals surface area contributed by atoms with Crippen LogP contribution in [0.1, 0.15) is 5.56 Å². The van der Waals surface area contributed by atoms with Crippen LogP contribution in [0.5, 0.6) is 0 Å². The number of nitrogens with zero attached hydrogens (tertiary/aromatic N) is 1. The number of fused-ring (bicyclic) bond motifs is 1. The number of benzene rings is 2. The van der Waals surface area contributed by atoms with E-state index in [1.165, 1.54) is 12.1 Å². The summed E-state index contributed by atoms with van der Waals surface area (Å²) in [5, 5.41) is 15.2. The molecule has 0 saturated carbocycles. The summed E-state index contributed by atoms with van der Waals surface area (Å²) in [6.45, 7) is 0.598. The zero-order valence-electron chi connectivity index (χ0n) is 11.0.